The van der Waals surface area contributed by atoms with Crippen LogP contribution in [0.25, 0.3) is 5.82 Å². The second kappa shape index (κ2) is 8.71. The lowest BCUT2D eigenvalue weighted by molar-refractivity contribution is 0.461. The Kier molecular flexibility index (Phi) is 5.82. The van der Waals surface area contributed by atoms with Gasteiger partial charge < -0.3 is 4.74 Å². The van der Waals surface area contributed by atoms with E-state index in [2.05, 4.69) is 19.7 Å². The van der Waals surface area contributed by atoms with E-state index in [9.17, 15) is 17.2 Å². The summed E-state index contributed by atoms with van der Waals surface area (Å²) < 4.78 is 61.5. The highest BCUT2D eigenvalue weighted by atomic mass is 32.2. The molecule has 0 saturated heterocycles. The van der Waals surface area contributed by atoms with Gasteiger partial charge >= 0.3 is 0 Å². The Morgan fingerprint density at radius 1 is 1.03 bits per heavy atom. The average Bonchev–Trinajstić information content (AvgIpc) is 3.18. The maximum absolute atomic E-state index is 13.7. The van der Waals surface area contributed by atoms with Crippen molar-refractivity contribution in [2.75, 3.05) is 4.72 Å². The lowest BCUT2D eigenvalue weighted by atomic mass is 10.2. The number of ether oxygens (including phenoxy) is 1. The molecular weight excluding hydrogens is 440 g/mol. The molecule has 0 fully saturated rings. The van der Waals surface area contributed by atoms with E-state index in [1.165, 1.54) is 18.5 Å². The second-order valence-corrected chi connectivity index (χ2v) is 8.50. The Labute approximate surface area is 182 Å². The van der Waals surface area contributed by atoms with Gasteiger partial charge in [-0.2, -0.15) is 0 Å². The van der Waals surface area contributed by atoms with Crippen LogP contribution in [0.15, 0.2) is 67.3 Å². The van der Waals surface area contributed by atoms with Crippen molar-refractivity contribution in [2.45, 2.75) is 12.7 Å². The number of nitrogens with one attached hydrogen (secondary N) is 1. The van der Waals surface area contributed by atoms with Crippen molar-refractivity contribution >= 4 is 15.7 Å². The predicted molar refractivity (Wildman–Crippen MR) is 113 cm³/mol. The third-order valence-corrected chi connectivity index (χ3v) is 5.64. The molecule has 0 amide bonds. The van der Waals surface area contributed by atoms with Gasteiger partial charge in [0.1, 0.15) is 35.4 Å². The van der Waals surface area contributed by atoms with Gasteiger partial charge in [0.2, 0.25) is 15.9 Å². The van der Waals surface area contributed by atoms with E-state index in [0.717, 1.165) is 24.0 Å². The van der Waals surface area contributed by atoms with Gasteiger partial charge in [-0.3, -0.25) is 9.29 Å². The van der Waals surface area contributed by atoms with Crippen molar-refractivity contribution in [2.24, 2.45) is 0 Å². The smallest absolute Gasteiger partial charge is 0.237 e. The largest absolute Gasteiger partial charge is 0.439 e. The van der Waals surface area contributed by atoms with Crippen molar-refractivity contribution < 1.29 is 21.9 Å². The molecule has 0 radical (unpaired) electrons. The summed E-state index contributed by atoms with van der Waals surface area (Å²) in [4.78, 5) is 12.4. The number of hydrogen-bond acceptors (Lipinski definition) is 6. The number of benzene rings is 2. The zero-order valence-corrected chi connectivity index (χ0v) is 17.6. The molecule has 0 atom stereocenters. The third kappa shape index (κ3) is 5.06. The molecule has 0 unspecified atom stereocenters. The summed E-state index contributed by atoms with van der Waals surface area (Å²) in [7, 11) is -3.96. The third-order valence-electron chi connectivity index (χ3n) is 4.40. The molecule has 0 bridgehead atoms. The summed E-state index contributed by atoms with van der Waals surface area (Å²) in [6, 6.07) is 10.4. The average molecular weight is 457 g/mol. The molecule has 32 heavy (non-hydrogen) atoms. The van der Waals surface area contributed by atoms with E-state index >= 15 is 0 Å². The first-order valence-corrected chi connectivity index (χ1v) is 11.0. The molecule has 0 aliphatic carbocycles. The van der Waals surface area contributed by atoms with Crippen LogP contribution in [0.5, 0.6) is 11.6 Å². The van der Waals surface area contributed by atoms with Gasteiger partial charge in [-0.25, -0.2) is 32.2 Å². The number of halogens is 2. The molecule has 4 rings (SSSR count). The number of aryl methyl sites for hydroxylation is 1. The molecule has 2 heterocycles. The molecule has 2 aromatic carbocycles. The van der Waals surface area contributed by atoms with Crippen molar-refractivity contribution in [3.63, 3.8) is 0 Å². The first-order chi connectivity index (χ1) is 15.3. The van der Waals surface area contributed by atoms with Crippen molar-refractivity contribution in [3.05, 3.63) is 90.3 Å². The number of hydrogen-bond donors (Lipinski definition) is 1. The molecule has 4 aromatic rings. The van der Waals surface area contributed by atoms with Crippen molar-refractivity contribution in [3.8, 4) is 17.4 Å². The van der Waals surface area contributed by atoms with Gasteiger partial charge in [0.05, 0.1) is 5.75 Å². The van der Waals surface area contributed by atoms with E-state index in [1.54, 1.807) is 35.2 Å². The summed E-state index contributed by atoms with van der Waals surface area (Å²) in [5.74, 6) is -0.172. The number of imidazole rings is 1. The van der Waals surface area contributed by atoms with Crippen LogP contribution in [-0.4, -0.2) is 27.9 Å². The minimum atomic E-state index is -3.96. The topological polar surface area (TPSA) is 99.0 Å². The number of aromatic nitrogens is 4. The van der Waals surface area contributed by atoms with Crippen LogP contribution < -0.4 is 9.46 Å². The molecule has 0 aliphatic heterocycles. The fourth-order valence-electron chi connectivity index (χ4n) is 2.92. The molecule has 11 heteroatoms. The fraction of sp³-hybridized carbons (Fsp3) is 0.0952. The number of sulfonamides is 1. The molecule has 0 spiro atoms. The van der Waals surface area contributed by atoms with Gasteiger partial charge in [0.15, 0.2) is 0 Å². The lowest BCUT2D eigenvalue weighted by Crippen LogP contribution is -2.16. The quantitative estimate of drug-likeness (QED) is 0.451. The standard InChI is InChI=1S/C21H17F2N5O3S/c1-14-24-8-9-28(14)20-11-21(26-13-25-20)31-18-5-3-17(4-6-18)27-32(29,30)12-15-10-16(22)2-7-19(15)23/h2-11,13,27H,12H2,1H3. The highest BCUT2D eigenvalue weighted by Crippen LogP contribution is 2.24. The Bertz CT molecular complexity index is 1360. The first-order valence-electron chi connectivity index (χ1n) is 9.34. The van der Waals surface area contributed by atoms with E-state index in [1.807, 2.05) is 6.92 Å². The van der Waals surface area contributed by atoms with Gasteiger partial charge in [-0.05, 0) is 49.4 Å². The Morgan fingerprint density at radius 3 is 2.53 bits per heavy atom. The molecule has 8 nitrogen and oxygen atoms in total. The van der Waals surface area contributed by atoms with E-state index in [4.69, 9.17) is 4.74 Å². The van der Waals surface area contributed by atoms with Gasteiger partial charge in [0, 0.05) is 29.7 Å². The van der Waals surface area contributed by atoms with Crippen LogP contribution in [0, 0.1) is 18.6 Å². The van der Waals surface area contributed by atoms with E-state index in [0.29, 0.717) is 11.6 Å². The predicted octanol–water partition coefficient (Wildman–Crippen LogP) is 3.98. The van der Waals surface area contributed by atoms with Crippen LogP contribution in [0.3, 0.4) is 0 Å². The maximum atomic E-state index is 13.7. The zero-order chi connectivity index (χ0) is 22.7. The number of nitrogens with zero attached hydrogens (tertiary/aromatic N) is 4. The Morgan fingerprint density at radius 2 is 1.81 bits per heavy atom. The summed E-state index contributed by atoms with van der Waals surface area (Å²) in [5.41, 5.74) is -0.0169. The van der Waals surface area contributed by atoms with Crippen LogP contribution in [0.1, 0.15) is 11.4 Å². The van der Waals surface area contributed by atoms with Crippen LogP contribution >= 0.6 is 0 Å². The van der Waals surface area contributed by atoms with Crippen molar-refractivity contribution in [1.29, 1.82) is 0 Å². The molecular formula is C21H17F2N5O3S. The van der Waals surface area contributed by atoms with Crippen molar-refractivity contribution in [1.82, 2.24) is 19.5 Å². The number of anilines is 1. The van der Waals surface area contributed by atoms with Crippen LogP contribution in [0.4, 0.5) is 14.5 Å². The molecule has 2 aromatic heterocycles. The highest BCUT2D eigenvalue weighted by Gasteiger charge is 2.16. The molecule has 1 N–H and O–H groups in total. The first kappa shape index (κ1) is 21.4. The van der Waals surface area contributed by atoms with E-state index < -0.39 is 27.4 Å². The highest BCUT2D eigenvalue weighted by molar-refractivity contribution is 7.91. The van der Waals surface area contributed by atoms with Gasteiger partial charge in [-0.1, -0.05) is 0 Å². The summed E-state index contributed by atoms with van der Waals surface area (Å²) >= 11 is 0. The number of rotatable bonds is 7. The Hall–Kier alpha value is -3.86. The minimum Gasteiger partial charge on any atom is -0.439 e. The van der Waals surface area contributed by atoms with E-state index in [-0.39, 0.29) is 17.1 Å². The second-order valence-electron chi connectivity index (χ2n) is 6.78. The van der Waals surface area contributed by atoms with Gasteiger partial charge in [-0.15, -0.1) is 0 Å². The molecule has 0 aliphatic rings. The fourth-order valence-corrected chi connectivity index (χ4v) is 4.12. The zero-order valence-electron chi connectivity index (χ0n) is 16.7. The molecule has 0 saturated carbocycles. The van der Waals surface area contributed by atoms with Gasteiger partial charge in [0.25, 0.3) is 0 Å². The summed E-state index contributed by atoms with van der Waals surface area (Å²) in [6.45, 7) is 1.84. The normalized spacial score (nSPS) is 11.3. The monoisotopic (exact) mass is 457 g/mol. The minimum absolute atomic E-state index is 0.242. The van der Waals surface area contributed by atoms with Crippen LogP contribution in [-0.2, 0) is 15.8 Å². The summed E-state index contributed by atoms with van der Waals surface area (Å²) in [6.07, 6.45) is 4.77. The Balaban J connectivity index is 1.44. The van der Waals surface area contributed by atoms with Crippen LogP contribution in [0.2, 0.25) is 0 Å². The molecule has 164 valence electrons. The maximum Gasteiger partial charge on any atom is 0.237 e. The lowest BCUT2D eigenvalue weighted by Gasteiger charge is -2.10. The summed E-state index contributed by atoms with van der Waals surface area (Å²) in [5, 5.41) is 0. The SMILES string of the molecule is Cc1nccn1-c1cc(Oc2ccc(NS(=O)(=O)Cc3cc(F)ccc3F)cc2)ncn1.